The molecule has 1 aromatic heterocycles. The summed E-state index contributed by atoms with van der Waals surface area (Å²) < 4.78 is 25.5. The second-order valence-electron chi connectivity index (χ2n) is 21.7. The Morgan fingerprint density at radius 3 is 1.36 bits per heavy atom. The van der Waals surface area contributed by atoms with Crippen molar-refractivity contribution in [3.8, 4) is 23.1 Å². The van der Waals surface area contributed by atoms with Crippen molar-refractivity contribution < 1.29 is 18.7 Å². The molecule has 70 heavy (non-hydrogen) atoms. The number of rotatable bonds is 6. The summed E-state index contributed by atoms with van der Waals surface area (Å²) in [5, 5.41) is 3.93. The van der Waals surface area contributed by atoms with Gasteiger partial charge in [-0.15, -0.1) is 0 Å². The summed E-state index contributed by atoms with van der Waals surface area (Å²) >= 11 is 0. The zero-order chi connectivity index (χ0) is 49.0. The van der Waals surface area contributed by atoms with Crippen LogP contribution in [0.5, 0.6) is 23.1 Å². The van der Waals surface area contributed by atoms with Crippen molar-refractivity contribution >= 4 is 11.6 Å². The Kier molecular flexibility index (Phi) is 29.7. The minimum absolute atomic E-state index is 0.177. The highest BCUT2D eigenvalue weighted by Gasteiger charge is 2.38. The number of nitrogens with one attached hydrogen (secondary N) is 1. The highest BCUT2D eigenvalue weighted by Crippen LogP contribution is 2.39. The Morgan fingerprint density at radius 1 is 0.514 bits per heavy atom. The summed E-state index contributed by atoms with van der Waals surface area (Å²) in [7, 11) is 0. The third-order valence-corrected chi connectivity index (χ3v) is 15.5. The van der Waals surface area contributed by atoms with Gasteiger partial charge >= 0.3 is 0 Å². The van der Waals surface area contributed by atoms with E-state index in [0.29, 0.717) is 17.2 Å². The van der Waals surface area contributed by atoms with Crippen molar-refractivity contribution in [3.63, 3.8) is 0 Å². The van der Waals surface area contributed by atoms with Crippen LogP contribution >= 0.6 is 0 Å². The molecular weight excluding hydrogens is 868 g/mol. The van der Waals surface area contributed by atoms with Gasteiger partial charge in [-0.05, 0) is 68.3 Å². The van der Waals surface area contributed by atoms with Crippen molar-refractivity contribution in [2.45, 2.75) is 250 Å². The van der Waals surface area contributed by atoms with Crippen LogP contribution in [0.25, 0.3) is 0 Å². The number of benzene rings is 2. The molecule has 2 aliphatic heterocycles. The van der Waals surface area contributed by atoms with Gasteiger partial charge in [-0.1, -0.05) is 237 Å². The van der Waals surface area contributed by atoms with E-state index in [2.05, 4.69) is 15.2 Å². The topological polar surface area (TPSA) is 89.7 Å². The summed E-state index contributed by atoms with van der Waals surface area (Å²) in [4.78, 5) is 19.8. The molecule has 3 N–H and O–H groups in total. The summed E-state index contributed by atoms with van der Waals surface area (Å²) in [5.74, 6) is 0.680. The third-order valence-electron chi connectivity index (χ3n) is 15.5. The Balaban J connectivity index is 1.05. The Hall–Kier alpha value is -3.65. The molecular formula is C62H99FN4O3. The van der Waals surface area contributed by atoms with Crippen molar-refractivity contribution in [3.05, 3.63) is 72.2 Å². The number of amides is 1. The third kappa shape index (κ3) is 24.7. The van der Waals surface area contributed by atoms with E-state index < -0.39 is 5.91 Å². The van der Waals surface area contributed by atoms with E-state index in [1.54, 1.807) is 36.4 Å². The predicted octanol–water partition coefficient (Wildman–Crippen LogP) is 18.5. The molecule has 2 fully saturated rings. The maximum atomic E-state index is 13.7. The molecule has 0 radical (unpaired) electrons. The van der Waals surface area contributed by atoms with Gasteiger partial charge in [0.15, 0.2) is 0 Å². The second-order valence-corrected chi connectivity index (χ2v) is 21.7. The molecule has 5 rings (SSSR count). The number of pyridine rings is 1. The summed E-state index contributed by atoms with van der Waals surface area (Å²) in [6.07, 6.45) is 56.5. The lowest BCUT2D eigenvalue weighted by atomic mass is 9.81. The first-order valence-corrected chi connectivity index (χ1v) is 29.5. The normalized spacial score (nSPS) is 22.0. The molecule has 7 nitrogen and oxygen atoms in total. The quantitative estimate of drug-likeness (QED) is 0.256. The highest BCUT2D eigenvalue weighted by atomic mass is 19.1. The minimum atomic E-state index is -0.572. The average molecular weight is 967 g/mol. The van der Waals surface area contributed by atoms with Crippen LogP contribution in [-0.4, -0.2) is 37.1 Å². The largest absolute Gasteiger partial charge is 0.457 e. The zero-order valence-corrected chi connectivity index (χ0v) is 44.3. The number of halogens is 1. The van der Waals surface area contributed by atoms with Crippen LogP contribution in [0.3, 0.4) is 0 Å². The van der Waals surface area contributed by atoms with Gasteiger partial charge in [0.1, 0.15) is 28.6 Å². The molecule has 1 spiro atoms. The van der Waals surface area contributed by atoms with Crippen molar-refractivity contribution in [1.29, 1.82) is 0 Å². The first-order chi connectivity index (χ1) is 34.5. The number of primary amides is 1. The van der Waals surface area contributed by atoms with E-state index in [1.165, 1.54) is 256 Å². The molecule has 2 aromatic carbocycles. The van der Waals surface area contributed by atoms with Gasteiger partial charge in [-0.3, -0.25) is 4.79 Å². The molecule has 1 unspecified atom stereocenters. The lowest BCUT2D eigenvalue weighted by Gasteiger charge is -2.31. The second kappa shape index (κ2) is 36.3. The van der Waals surface area contributed by atoms with Crippen molar-refractivity contribution in [2.24, 2.45) is 11.1 Å². The molecule has 8 heteroatoms. The average Bonchev–Trinajstić information content (AvgIpc) is 3.79. The molecule has 1 amide bonds. The van der Waals surface area contributed by atoms with Crippen LogP contribution in [0.2, 0.25) is 0 Å². The van der Waals surface area contributed by atoms with E-state index in [4.69, 9.17) is 15.2 Å². The minimum Gasteiger partial charge on any atom is -0.457 e. The van der Waals surface area contributed by atoms with E-state index in [1.807, 2.05) is 12.3 Å². The number of anilines is 1. The first-order valence-electron chi connectivity index (χ1n) is 29.5. The number of nitrogens with zero attached hydrogens (tertiary/aromatic N) is 2. The standard InChI is InChI=1S/C62H99FN4O3/c63-54-39-38-40-58(49-54)69-56-41-43-57(44-42-56)70-61-59(60(64)68)50-55(51-66-61)67-48-46-62(53-67)45-36-34-32-30-28-26-24-22-20-18-16-14-12-10-8-6-4-2-1-3-5-7-9-11-13-15-17-19-21-23-25-27-29-31-33-35-37-47-65-52-62/h38-44,49-51,65H,1-37,45-48,52-53H2,(H2,64,68). The number of nitrogens with two attached hydrogens (primary N) is 1. The zero-order valence-electron chi connectivity index (χ0n) is 44.3. The van der Waals surface area contributed by atoms with Crippen LogP contribution in [0.1, 0.15) is 261 Å². The van der Waals surface area contributed by atoms with Crippen LogP contribution in [0.15, 0.2) is 60.8 Å². The Bertz CT molecular complexity index is 1740. The van der Waals surface area contributed by atoms with Gasteiger partial charge in [-0.2, -0.15) is 0 Å². The fourth-order valence-corrected chi connectivity index (χ4v) is 11.1. The lowest BCUT2D eigenvalue weighted by molar-refractivity contribution is 0.0997. The maximum absolute atomic E-state index is 13.7. The smallest absolute Gasteiger partial charge is 0.254 e. The molecule has 0 aliphatic carbocycles. The van der Waals surface area contributed by atoms with Gasteiger partial charge in [-0.25, -0.2) is 9.37 Å². The fourth-order valence-electron chi connectivity index (χ4n) is 11.1. The van der Waals surface area contributed by atoms with Crippen LogP contribution in [0.4, 0.5) is 10.1 Å². The molecule has 3 heterocycles. The number of aromatic nitrogens is 1. The van der Waals surface area contributed by atoms with Crippen LogP contribution < -0.4 is 25.4 Å². The number of ether oxygens (including phenoxy) is 2. The SMILES string of the molecule is NC(=O)c1cc(N2CCC3(CCCCCCCCCCCCCCCCCCCCCCCCCCCCCCCCCCCCCCCNC3)C2)cnc1Oc1ccc(Oc2cccc(F)c2)cc1. The molecule has 1 atom stereocenters. The van der Waals surface area contributed by atoms with Gasteiger partial charge in [0.05, 0.1) is 11.9 Å². The fraction of sp³-hybridized carbons (Fsp3) is 0.710. The van der Waals surface area contributed by atoms with E-state index in [9.17, 15) is 9.18 Å². The number of hydrogen-bond donors (Lipinski definition) is 2. The summed E-state index contributed by atoms with van der Waals surface area (Å²) in [6.45, 7) is 3.97. The van der Waals surface area contributed by atoms with Gasteiger partial charge in [0.25, 0.3) is 5.91 Å². The van der Waals surface area contributed by atoms with Gasteiger partial charge in [0, 0.05) is 31.1 Å². The summed E-state index contributed by atoms with van der Waals surface area (Å²) in [6, 6.07) is 14.8. The number of hydrogen-bond acceptors (Lipinski definition) is 6. The first kappa shape index (κ1) is 57.3. The highest BCUT2D eigenvalue weighted by molar-refractivity contribution is 5.96. The molecule has 392 valence electrons. The van der Waals surface area contributed by atoms with E-state index in [-0.39, 0.29) is 22.7 Å². The van der Waals surface area contributed by atoms with E-state index >= 15 is 0 Å². The molecule has 3 aromatic rings. The molecule has 2 saturated heterocycles. The van der Waals surface area contributed by atoms with Gasteiger partial charge < -0.3 is 25.4 Å². The van der Waals surface area contributed by atoms with Crippen LogP contribution in [-0.2, 0) is 0 Å². The van der Waals surface area contributed by atoms with Gasteiger partial charge in [0.2, 0.25) is 5.88 Å². The Morgan fingerprint density at radius 2 is 0.929 bits per heavy atom. The maximum Gasteiger partial charge on any atom is 0.254 e. The molecule has 2 aliphatic rings. The molecule has 0 bridgehead atoms. The summed E-state index contributed by atoms with van der Waals surface area (Å²) in [5.41, 5.74) is 7.30. The lowest BCUT2D eigenvalue weighted by Crippen LogP contribution is -2.37. The predicted molar refractivity (Wildman–Crippen MR) is 293 cm³/mol. The van der Waals surface area contributed by atoms with E-state index in [0.717, 1.165) is 38.3 Å². The molecule has 0 saturated carbocycles. The number of carbonyl (C=O) groups is 1. The van der Waals surface area contributed by atoms with Crippen molar-refractivity contribution in [1.82, 2.24) is 10.3 Å². The monoisotopic (exact) mass is 967 g/mol. The number of carbonyl (C=O) groups excluding carboxylic acids is 1. The van der Waals surface area contributed by atoms with Crippen molar-refractivity contribution in [2.75, 3.05) is 31.1 Å². The van der Waals surface area contributed by atoms with Crippen LogP contribution in [0, 0.1) is 11.2 Å². The Labute approximate surface area is 426 Å².